The third-order valence-electron chi connectivity index (χ3n) is 3.43. The van der Waals surface area contributed by atoms with Crippen LogP contribution < -0.4 is 10.6 Å². The van der Waals surface area contributed by atoms with Crippen molar-refractivity contribution in [2.24, 2.45) is 5.73 Å². The molecule has 0 unspecified atom stereocenters. The number of carbonyl (C=O) groups is 1. The summed E-state index contributed by atoms with van der Waals surface area (Å²) >= 11 is 0. The molecule has 110 valence electrons. The van der Waals surface area contributed by atoms with Gasteiger partial charge < -0.3 is 10.6 Å². The largest absolute Gasteiger partial charge is 0.371 e. The second-order valence-electron chi connectivity index (χ2n) is 4.86. The van der Waals surface area contributed by atoms with Gasteiger partial charge in [0.25, 0.3) is 0 Å². The molecule has 2 N–H and O–H groups in total. The van der Waals surface area contributed by atoms with E-state index in [4.69, 9.17) is 5.73 Å². The normalized spacial score (nSPS) is 14.3. The van der Waals surface area contributed by atoms with Crippen LogP contribution in [0.5, 0.6) is 0 Å². The van der Waals surface area contributed by atoms with E-state index in [9.17, 15) is 17.6 Å². The number of sulfone groups is 1. The first-order valence-corrected chi connectivity index (χ1v) is 8.11. The highest BCUT2D eigenvalue weighted by Gasteiger charge is 2.20. The zero-order chi connectivity index (χ0) is 14.8. The molecule has 1 aromatic carbocycles. The fourth-order valence-corrected chi connectivity index (χ4v) is 3.15. The SMILES string of the molecule is NC(=O)S(=O)(=O)CCCCN1CCc2cc(F)ccc21. The molecule has 20 heavy (non-hydrogen) atoms. The maximum absolute atomic E-state index is 13.1. The van der Waals surface area contributed by atoms with E-state index >= 15 is 0 Å². The lowest BCUT2D eigenvalue weighted by atomic mass is 10.1. The Kier molecular flexibility index (Phi) is 4.27. The van der Waals surface area contributed by atoms with Crippen LogP contribution >= 0.6 is 0 Å². The van der Waals surface area contributed by atoms with E-state index in [1.807, 2.05) is 0 Å². The average molecular weight is 300 g/mol. The van der Waals surface area contributed by atoms with Gasteiger partial charge in [-0.05, 0) is 43.0 Å². The van der Waals surface area contributed by atoms with Crippen molar-refractivity contribution in [1.29, 1.82) is 0 Å². The van der Waals surface area contributed by atoms with Gasteiger partial charge in [0.05, 0.1) is 5.75 Å². The van der Waals surface area contributed by atoms with E-state index < -0.39 is 15.1 Å². The molecule has 0 aromatic heterocycles. The van der Waals surface area contributed by atoms with Gasteiger partial charge in [0, 0.05) is 18.8 Å². The lowest BCUT2D eigenvalue weighted by Crippen LogP contribution is -2.26. The number of nitrogens with zero attached hydrogens (tertiary/aromatic N) is 1. The van der Waals surface area contributed by atoms with Gasteiger partial charge in [-0.3, -0.25) is 4.79 Å². The number of nitrogens with two attached hydrogens (primary N) is 1. The minimum absolute atomic E-state index is 0.216. The first kappa shape index (κ1) is 14.8. The number of anilines is 1. The van der Waals surface area contributed by atoms with Crippen molar-refractivity contribution in [2.45, 2.75) is 19.3 Å². The summed E-state index contributed by atoms with van der Waals surface area (Å²) in [6.45, 7) is 1.49. The Hall–Kier alpha value is -1.63. The number of primary amides is 1. The van der Waals surface area contributed by atoms with Crippen LogP contribution in [0.2, 0.25) is 0 Å². The van der Waals surface area contributed by atoms with Crippen LogP contribution in [-0.2, 0) is 16.3 Å². The molecule has 1 heterocycles. The predicted molar refractivity (Wildman–Crippen MR) is 74.9 cm³/mol. The molecule has 1 aliphatic rings. The number of benzene rings is 1. The lowest BCUT2D eigenvalue weighted by Gasteiger charge is -2.19. The Labute approximate surface area is 117 Å². The number of rotatable bonds is 5. The fraction of sp³-hybridized carbons (Fsp3) is 0.462. The zero-order valence-corrected chi connectivity index (χ0v) is 11.8. The molecular weight excluding hydrogens is 283 g/mol. The van der Waals surface area contributed by atoms with Crippen molar-refractivity contribution >= 4 is 20.8 Å². The van der Waals surface area contributed by atoms with E-state index in [0.717, 1.165) is 24.2 Å². The maximum Gasteiger partial charge on any atom is 0.333 e. The van der Waals surface area contributed by atoms with E-state index in [2.05, 4.69) is 4.90 Å². The Morgan fingerprint density at radius 3 is 2.80 bits per heavy atom. The topological polar surface area (TPSA) is 80.5 Å². The first-order valence-electron chi connectivity index (χ1n) is 6.46. The minimum atomic E-state index is -3.79. The molecule has 0 radical (unpaired) electrons. The van der Waals surface area contributed by atoms with Gasteiger partial charge in [0.1, 0.15) is 5.82 Å². The number of hydrogen-bond acceptors (Lipinski definition) is 4. The minimum Gasteiger partial charge on any atom is -0.371 e. The van der Waals surface area contributed by atoms with Crippen LogP contribution in [0.4, 0.5) is 14.9 Å². The number of fused-ring (bicyclic) bond motifs is 1. The summed E-state index contributed by atoms with van der Waals surface area (Å²) in [6.07, 6.45) is 1.83. The van der Waals surface area contributed by atoms with Crippen molar-refractivity contribution in [3.63, 3.8) is 0 Å². The molecule has 0 bridgehead atoms. The van der Waals surface area contributed by atoms with E-state index in [1.165, 1.54) is 12.1 Å². The first-order chi connectivity index (χ1) is 9.40. The highest BCUT2D eigenvalue weighted by Crippen LogP contribution is 2.28. The molecule has 0 atom stereocenters. The third kappa shape index (κ3) is 3.27. The van der Waals surface area contributed by atoms with Gasteiger partial charge >= 0.3 is 5.24 Å². The van der Waals surface area contributed by atoms with Crippen molar-refractivity contribution in [3.8, 4) is 0 Å². The highest BCUT2D eigenvalue weighted by atomic mass is 32.2. The summed E-state index contributed by atoms with van der Waals surface area (Å²) in [7, 11) is -3.79. The summed E-state index contributed by atoms with van der Waals surface area (Å²) in [4.78, 5) is 12.8. The molecular formula is C13H17FN2O3S. The molecule has 1 aliphatic heterocycles. The van der Waals surface area contributed by atoms with Crippen LogP contribution in [0, 0.1) is 5.82 Å². The average Bonchev–Trinajstić information content (AvgIpc) is 2.76. The predicted octanol–water partition coefficient (Wildman–Crippen LogP) is 1.46. The molecule has 0 fully saturated rings. The van der Waals surface area contributed by atoms with Gasteiger partial charge in [-0.15, -0.1) is 0 Å². The van der Waals surface area contributed by atoms with Crippen LogP contribution in [0.25, 0.3) is 0 Å². The molecule has 1 aromatic rings. The van der Waals surface area contributed by atoms with Gasteiger partial charge in [0.15, 0.2) is 0 Å². The quantitative estimate of drug-likeness (QED) is 0.835. The summed E-state index contributed by atoms with van der Waals surface area (Å²) in [5, 5.41) is -1.26. The van der Waals surface area contributed by atoms with Gasteiger partial charge in [0.2, 0.25) is 9.84 Å². The summed E-state index contributed by atoms with van der Waals surface area (Å²) in [5.41, 5.74) is 6.76. The number of unbranched alkanes of at least 4 members (excludes halogenated alkanes) is 1. The molecule has 0 aliphatic carbocycles. The van der Waals surface area contributed by atoms with Crippen molar-refractivity contribution in [3.05, 3.63) is 29.6 Å². The standard InChI is InChI=1S/C13H17FN2O3S/c14-11-3-4-12-10(9-11)5-7-16(12)6-1-2-8-20(18,19)13(15)17/h3-4,9H,1-2,5-8H2,(H2,15,17). The molecule has 5 nitrogen and oxygen atoms in total. The third-order valence-corrected chi connectivity index (χ3v) is 4.87. The second-order valence-corrected chi connectivity index (χ2v) is 6.90. The van der Waals surface area contributed by atoms with E-state index in [-0.39, 0.29) is 11.6 Å². The van der Waals surface area contributed by atoms with Crippen molar-refractivity contribution < 1.29 is 17.6 Å². The molecule has 7 heteroatoms. The van der Waals surface area contributed by atoms with E-state index in [1.54, 1.807) is 6.07 Å². The molecule has 0 saturated carbocycles. The smallest absolute Gasteiger partial charge is 0.333 e. The monoisotopic (exact) mass is 300 g/mol. The van der Waals surface area contributed by atoms with E-state index in [0.29, 0.717) is 19.4 Å². The van der Waals surface area contributed by atoms with Crippen molar-refractivity contribution in [2.75, 3.05) is 23.7 Å². The molecule has 2 rings (SSSR count). The molecule has 1 amide bonds. The van der Waals surface area contributed by atoms with Crippen LogP contribution in [-0.4, -0.2) is 32.5 Å². The number of halogens is 1. The highest BCUT2D eigenvalue weighted by molar-refractivity contribution is 8.05. The van der Waals surface area contributed by atoms with Gasteiger partial charge in [-0.25, -0.2) is 12.8 Å². The summed E-state index contributed by atoms with van der Waals surface area (Å²) < 4.78 is 35.5. The summed E-state index contributed by atoms with van der Waals surface area (Å²) in [5.74, 6) is -0.454. The van der Waals surface area contributed by atoms with Crippen LogP contribution in [0.1, 0.15) is 18.4 Å². The molecule has 0 spiro atoms. The lowest BCUT2D eigenvalue weighted by molar-refractivity contribution is 0.265. The number of amides is 1. The van der Waals surface area contributed by atoms with Crippen LogP contribution in [0.15, 0.2) is 18.2 Å². The van der Waals surface area contributed by atoms with Gasteiger partial charge in [-0.1, -0.05) is 0 Å². The summed E-state index contributed by atoms with van der Waals surface area (Å²) in [6, 6.07) is 4.71. The Morgan fingerprint density at radius 2 is 2.10 bits per heavy atom. The number of carbonyl (C=O) groups excluding carboxylic acids is 1. The Balaban J connectivity index is 1.84. The Morgan fingerprint density at radius 1 is 1.35 bits per heavy atom. The zero-order valence-electron chi connectivity index (χ0n) is 11.0. The second kappa shape index (κ2) is 5.78. The molecule has 0 saturated heterocycles. The van der Waals surface area contributed by atoms with Crippen LogP contribution in [0.3, 0.4) is 0 Å². The number of hydrogen-bond donors (Lipinski definition) is 1. The fourth-order valence-electron chi connectivity index (χ4n) is 2.37. The maximum atomic E-state index is 13.1. The van der Waals surface area contributed by atoms with Gasteiger partial charge in [-0.2, -0.15) is 0 Å². The van der Waals surface area contributed by atoms with Crippen molar-refractivity contribution in [1.82, 2.24) is 0 Å². The Bertz CT molecular complexity index is 616.